The number of hydrogen-bond donors (Lipinski definition) is 0. The Labute approximate surface area is 544 Å². The summed E-state index contributed by atoms with van der Waals surface area (Å²) < 4.78 is 22.3. The van der Waals surface area contributed by atoms with Gasteiger partial charge in [-0.25, -0.2) is 0 Å². The van der Waals surface area contributed by atoms with Crippen LogP contribution in [0.2, 0.25) is 0 Å². The maximum atomic E-state index is 10.2. The van der Waals surface area contributed by atoms with Gasteiger partial charge in [-0.1, -0.05) is 178 Å². The quantitative estimate of drug-likeness (QED) is 0.161. The molecule has 93 heavy (non-hydrogen) atoms. The topological polar surface area (TPSA) is 59.3 Å². The van der Waals surface area contributed by atoms with Crippen LogP contribution < -0.4 is 26.0 Å². The van der Waals surface area contributed by atoms with Gasteiger partial charge in [0.2, 0.25) is 0 Å². The summed E-state index contributed by atoms with van der Waals surface area (Å²) >= 11 is 1.83. The number of benzene rings is 12. The van der Waals surface area contributed by atoms with Crippen LogP contribution in [0, 0.1) is 11.3 Å². The van der Waals surface area contributed by atoms with Crippen LogP contribution in [-0.2, 0) is 16.2 Å². The van der Waals surface area contributed by atoms with Crippen LogP contribution in [-0.4, -0.2) is 15.8 Å². The normalized spacial score (nSPS) is 13.2. The molecule has 16 aromatic rings. The van der Waals surface area contributed by atoms with Gasteiger partial charge in [-0.3, -0.25) is 0 Å². The van der Waals surface area contributed by atoms with Crippen molar-refractivity contribution in [1.82, 2.24) is 9.13 Å². The van der Waals surface area contributed by atoms with E-state index in [2.05, 4.69) is 301 Å². The van der Waals surface area contributed by atoms with Crippen molar-refractivity contribution in [1.29, 1.82) is 5.26 Å². The maximum absolute atomic E-state index is 10.2. The third-order valence-corrected chi connectivity index (χ3v) is 21.2. The fourth-order valence-corrected chi connectivity index (χ4v) is 16.5. The number of para-hydroxylation sites is 2. The smallest absolute Gasteiger partial charge is 0.256 e. The molecular formula is C85H65BN4O2S. The molecule has 0 radical (unpaired) electrons. The molecule has 2 aliphatic rings. The molecule has 0 fully saturated rings. The van der Waals surface area contributed by atoms with Crippen molar-refractivity contribution >= 4 is 137 Å². The van der Waals surface area contributed by atoms with E-state index in [0.29, 0.717) is 5.56 Å². The summed E-state index contributed by atoms with van der Waals surface area (Å²) in [4.78, 5) is 2.53. The Hall–Kier alpha value is -10.6. The van der Waals surface area contributed by atoms with E-state index in [1.54, 1.807) is 0 Å². The zero-order valence-corrected chi connectivity index (χ0v) is 54.3. The number of thiophene rings is 1. The Morgan fingerprint density at radius 3 is 1.74 bits per heavy atom. The van der Waals surface area contributed by atoms with Gasteiger partial charge in [0.15, 0.2) is 0 Å². The van der Waals surface area contributed by atoms with Crippen LogP contribution in [0.5, 0.6) is 11.5 Å². The highest BCUT2D eigenvalue weighted by molar-refractivity contribution is 7.26. The highest BCUT2D eigenvalue weighted by atomic mass is 32.1. The molecule has 12 aromatic carbocycles. The Bertz CT molecular complexity index is 5880. The van der Waals surface area contributed by atoms with E-state index in [1.165, 1.54) is 47.6 Å². The summed E-state index contributed by atoms with van der Waals surface area (Å²) in [5.41, 5.74) is 23.2. The summed E-state index contributed by atoms with van der Waals surface area (Å²) in [5.74, 6) is 1.61. The van der Waals surface area contributed by atoms with E-state index in [1.807, 2.05) is 23.5 Å². The standard InChI is InChI=1S/C85H65BN4O2S/c1-83(2,3)52-27-35-68(61(43-52)50-18-11-10-12-19-50)90-72-46-55(88-67-24-15-13-20-58(67)62-40-49(48-87)26-34-69(62)88)30-32-65(72)86-66-33-31-56(89-70-36-28-53(84(4,5)6)44-63(70)64-45-54(85(7,8)9)29-37-71(64)89)47-75(66)91-76-42-51(41-73(90)81(76)86)57-22-17-23-60-79-74(92-82(57)60)38-39-78-80(79)59-21-14-16-25-77(59)93-78/h10-47H,1-9H3. The number of aromatic nitrogens is 2. The minimum Gasteiger partial charge on any atom is -0.458 e. The summed E-state index contributed by atoms with van der Waals surface area (Å²) in [6, 6.07) is 87.7. The van der Waals surface area contributed by atoms with Crippen molar-refractivity contribution in [2.45, 2.75) is 78.6 Å². The average molecular weight is 1220 g/mol. The minimum absolute atomic E-state index is 0.0342. The Morgan fingerprint density at radius 1 is 0.409 bits per heavy atom. The Kier molecular flexibility index (Phi) is 11.7. The summed E-state index contributed by atoms with van der Waals surface area (Å²) in [5, 5.41) is 19.5. The van der Waals surface area contributed by atoms with Crippen LogP contribution in [0.1, 0.15) is 84.6 Å². The second kappa shape index (κ2) is 19.7. The first-order chi connectivity index (χ1) is 44.9. The molecule has 8 heteroatoms. The predicted octanol–water partition coefficient (Wildman–Crippen LogP) is 21.7. The number of ether oxygens (including phenoxy) is 1. The number of furan rings is 1. The molecule has 2 aliphatic heterocycles. The summed E-state index contributed by atoms with van der Waals surface area (Å²) in [6.45, 7) is 20.5. The molecule has 18 rings (SSSR count). The number of nitriles is 1. The van der Waals surface area contributed by atoms with Gasteiger partial charge < -0.3 is 23.2 Å². The first-order valence-electron chi connectivity index (χ1n) is 32.4. The highest BCUT2D eigenvalue weighted by Crippen LogP contribution is 2.51. The zero-order valence-electron chi connectivity index (χ0n) is 53.5. The number of hydrogen-bond acceptors (Lipinski definition) is 5. The molecule has 0 atom stereocenters. The Morgan fingerprint density at radius 2 is 1.02 bits per heavy atom. The molecule has 0 saturated carbocycles. The van der Waals surface area contributed by atoms with E-state index >= 15 is 0 Å². The largest absolute Gasteiger partial charge is 0.458 e. The van der Waals surface area contributed by atoms with Gasteiger partial charge in [-0.2, -0.15) is 5.26 Å². The van der Waals surface area contributed by atoms with Crippen LogP contribution in [0.3, 0.4) is 0 Å². The fraction of sp³-hybridized carbons (Fsp3) is 0.141. The lowest BCUT2D eigenvalue weighted by Crippen LogP contribution is -2.59. The molecule has 446 valence electrons. The van der Waals surface area contributed by atoms with Crippen LogP contribution >= 0.6 is 11.3 Å². The van der Waals surface area contributed by atoms with Gasteiger partial charge in [0.1, 0.15) is 22.7 Å². The lowest BCUT2D eigenvalue weighted by atomic mass is 9.34. The molecule has 0 spiro atoms. The van der Waals surface area contributed by atoms with Gasteiger partial charge in [-0.15, -0.1) is 11.3 Å². The highest BCUT2D eigenvalue weighted by Gasteiger charge is 2.44. The van der Waals surface area contributed by atoms with E-state index < -0.39 is 0 Å². The minimum atomic E-state index is -0.239. The van der Waals surface area contributed by atoms with Crippen LogP contribution in [0.15, 0.2) is 235 Å². The second-order valence-electron chi connectivity index (χ2n) is 28.8. The SMILES string of the molecule is CC(C)(C)c1ccc(N2c3cc(-n4c5ccccc5c5cc(C#N)ccc54)ccc3B3c4ccc(-n5c6ccc(C(C)(C)C)cc6c6cc(C(C)(C)C)ccc65)cc4Oc4cc(-c5cccc6c5oc5ccc7sc8ccccc8c7c56)cc2c43)c(-c2ccccc2)c1. The first kappa shape index (κ1) is 55.3. The summed E-state index contributed by atoms with van der Waals surface area (Å²) in [7, 11) is 0. The lowest BCUT2D eigenvalue weighted by molar-refractivity contribution is 0.487. The van der Waals surface area contributed by atoms with Crippen molar-refractivity contribution in [2.75, 3.05) is 4.90 Å². The van der Waals surface area contributed by atoms with Crippen LogP contribution in [0.4, 0.5) is 17.1 Å². The summed E-state index contributed by atoms with van der Waals surface area (Å²) in [6.07, 6.45) is 0. The van der Waals surface area contributed by atoms with Crippen molar-refractivity contribution in [3.63, 3.8) is 0 Å². The lowest BCUT2D eigenvalue weighted by Gasteiger charge is -2.41. The maximum Gasteiger partial charge on any atom is 0.256 e. The van der Waals surface area contributed by atoms with Crippen molar-refractivity contribution in [3.05, 3.63) is 253 Å². The molecule has 4 aromatic heterocycles. The second-order valence-corrected chi connectivity index (χ2v) is 29.9. The molecule has 6 heterocycles. The van der Waals surface area contributed by atoms with Gasteiger partial charge in [0.25, 0.3) is 6.71 Å². The third kappa shape index (κ3) is 8.32. The molecule has 0 N–H and O–H groups in total. The molecule has 0 unspecified atom stereocenters. The van der Waals surface area contributed by atoms with Gasteiger partial charge in [0, 0.05) is 92.4 Å². The van der Waals surface area contributed by atoms with Crippen molar-refractivity contribution in [3.8, 4) is 51.2 Å². The third-order valence-electron chi connectivity index (χ3n) is 20.1. The molecule has 6 nitrogen and oxygen atoms in total. The monoisotopic (exact) mass is 1220 g/mol. The number of fused-ring (bicyclic) bond motifs is 17. The van der Waals surface area contributed by atoms with Gasteiger partial charge in [0.05, 0.1) is 39.4 Å². The number of rotatable bonds is 5. The Balaban J connectivity index is 0.933. The number of anilines is 3. The first-order valence-corrected chi connectivity index (χ1v) is 33.2. The van der Waals surface area contributed by atoms with Crippen LogP contribution in [0.25, 0.3) is 119 Å². The van der Waals surface area contributed by atoms with Crippen molar-refractivity contribution < 1.29 is 9.15 Å². The van der Waals surface area contributed by atoms with E-state index in [0.717, 1.165) is 133 Å². The fourth-order valence-electron chi connectivity index (χ4n) is 15.3. The zero-order chi connectivity index (χ0) is 63.1. The number of nitrogens with zero attached hydrogens (tertiary/aromatic N) is 4. The predicted molar refractivity (Wildman–Crippen MR) is 393 cm³/mol. The molecule has 0 aliphatic carbocycles. The van der Waals surface area contributed by atoms with E-state index in [4.69, 9.17) is 9.15 Å². The van der Waals surface area contributed by atoms with Gasteiger partial charge >= 0.3 is 0 Å². The van der Waals surface area contributed by atoms with Crippen molar-refractivity contribution in [2.24, 2.45) is 0 Å². The van der Waals surface area contributed by atoms with Gasteiger partial charge in [-0.05, 0) is 170 Å². The molecule has 0 bridgehead atoms. The average Bonchev–Trinajstić information content (AvgIpc) is 1.00. The van der Waals surface area contributed by atoms with E-state index in [9.17, 15) is 5.26 Å². The van der Waals surface area contributed by atoms with E-state index in [-0.39, 0.29) is 23.0 Å². The molecule has 0 saturated heterocycles. The molecular weight excluding hydrogens is 1150 g/mol. The molecule has 0 amide bonds.